The van der Waals surface area contributed by atoms with Crippen molar-refractivity contribution in [1.29, 1.82) is 0 Å². The van der Waals surface area contributed by atoms with E-state index in [9.17, 15) is 9.59 Å². The number of halogens is 1. The molecule has 0 atom stereocenters. The van der Waals surface area contributed by atoms with E-state index in [0.717, 1.165) is 0 Å². The third-order valence-electron chi connectivity index (χ3n) is 3.16. The van der Waals surface area contributed by atoms with Crippen LogP contribution in [0.1, 0.15) is 47.6 Å². The first-order valence-electron chi connectivity index (χ1n) is 6.19. The van der Waals surface area contributed by atoms with Crippen LogP contribution in [0.5, 0.6) is 0 Å². The predicted octanol–water partition coefficient (Wildman–Crippen LogP) is 3.67. The molecule has 20 heavy (non-hydrogen) atoms. The maximum atomic E-state index is 12.1. The maximum Gasteiger partial charge on any atom is 0.271 e. The molecule has 0 fully saturated rings. The molecule has 2 aromatic rings. The van der Waals surface area contributed by atoms with Crippen LogP contribution >= 0.6 is 11.6 Å². The van der Waals surface area contributed by atoms with Crippen LogP contribution in [-0.4, -0.2) is 16.6 Å². The highest BCUT2D eigenvalue weighted by molar-refractivity contribution is 6.52. The van der Waals surface area contributed by atoms with Crippen LogP contribution in [0.2, 0.25) is 5.02 Å². The molecule has 0 aliphatic heterocycles. The number of hydrogen-bond donors (Lipinski definition) is 0. The fourth-order valence-electron chi connectivity index (χ4n) is 2.11. The summed E-state index contributed by atoms with van der Waals surface area (Å²) in [5.41, 5.74) is 0.955. The lowest BCUT2D eigenvalue weighted by molar-refractivity contribution is 0.0797. The lowest BCUT2D eigenvalue weighted by Crippen LogP contribution is -2.20. The molecule has 1 aromatic carbocycles. The number of rotatable bonds is 0. The average molecular weight is 290 g/mol. The van der Waals surface area contributed by atoms with Gasteiger partial charge in [-0.25, -0.2) is 4.98 Å². The van der Waals surface area contributed by atoms with Crippen LogP contribution < -0.4 is 0 Å². The number of nitrogens with zero attached hydrogens (tertiary/aromatic N) is 1. The Hall–Kier alpha value is -1.94. The van der Waals surface area contributed by atoms with E-state index < -0.39 is 11.6 Å². The van der Waals surface area contributed by atoms with Gasteiger partial charge in [-0.15, -0.1) is 0 Å². The van der Waals surface area contributed by atoms with Gasteiger partial charge >= 0.3 is 0 Å². The predicted molar refractivity (Wildman–Crippen MR) is 74.3 cm³/mol. The fraction of sp³-hybridized carbons (Fsp3) is 0.267. The van der Waals surface area contributed by atoms with E-state index >= 15 is 0 Å². The summed E-state index contributed by atoms with van der Waals surface area (Å²) in [6.07, 6.45) is 0. The lowest BCUT2D eigenvalue weighted by Gasteiger charge is -2.11. The van der Waals surface area contributed by atoms with Crippen molar-refractivity contribution in [2.75, 3.05) is 0 Å². The second-order valence-electron chi connectivity index (χ2n) is 5.79. The second kappa shape index (κ2) is 4.03. The zero-order valence-electron chi connectivity index (χ0n) is 11.3. The summed E-state index contributed by atoms with van der Waals surface area (Å²) in [5, 5.41) is 0.410. The molecule has 0 bridgehead atoms. The molecular weight excluding hydrogens is 278 g/mol. The molecule has 0 N–H and O–H groups in total. The number of fused-ring (bicyclic) bond motifs is 3. The molecule has 3 rings (SSSR count). The number of ketones is 2. The van der Waals surface area contributed by atoms with Gasteiger partial charge in [0, 0.05) is 21.6 Å². The summed E-state index contributed by atoms with van der Waals surface area (Å²) in [4.78, 5) is 28.6. The standard InChI is InChI=1S/C15H12ClNO3/c1-15(2,3)14-17-10-8-5-4-7(16)6-9(8)11(18)12(19)13(10)20-14/h4-6H,1-3H3. The van der Waals surface area contributed by atoms with Gasteiger partial charge in [-0.2, -0.15) is 0 Å². The van der Waals surface area contributed by atoms with E-state index in [1.807, 2.05) is 20.8 Å². The van der Waals surface area contributed by atoms with Crippen molar-refractivity contribution in [3.63, 3.8) is 0 Å². The smallest absolute Gasteiger partial charge is 0.271 e. The quantitative estimate of drug-likeness (QED) is 0.694. The molecule has 0 saturated carbocycles. The molecule has 4 nitrogen and oxygen atoms in total. The van der Waals surface area contributed by atoms with Gasteiger partial charge in [0.25, 0.3) is 5.78 Å². The summed E-state index contributed by atoms with van der Waals surface area (Å²) in [5.74, 6) is -0.814. The molecule has 1 aromatic heterocycles. The molecule has 0 spiro atoms. The number of carbonyl (C=O) groups is 2. The number of oxazole rings is 1. The van der Waals surface area contributed by atoms with Crippen LogP contribution in [-0.2, 0) is 5.41 Å². The largest absolute Gasteiger partial charge is 0.436 e. The van der Waals surface area contributed by atoms with Gasteiger partial charge < -0.3 is 4.42 Å². The highest BCUT2D eigenvalue weighted by atomic mass is 35.5. The third kappa shape index (κ3) is 1.79. The summed E-state index contributed by atoms with van der Waals surface area (Å²) in [6.45, 7) is 5.79. The Balaban J connectivity index is 2.30. The summed E-state index contributed by atoms with van der Waals surface area (Å²) >= 11 is 5.89. The summed E-state index contributed by atoms with van der Waals surface area (Å²) < 4.78 is 5.53. The van der Waals surface area contributed by atoms with Crippen LogP contribution in [0.3, 0.4) is 0 Å². The van der Waals surface area contributed by atoms with E-state index in [2.05, 4.69) is 4.98 Å². The monoisotopic (exact) mass is 289 g/mol. The number of Topliss-reactive ketones (excluding diaryl/α,β-unsaturated/α-hetero) is 2. The minimum atomic E-state index is -0.669. The minimum Gasteiger partial charge on any atom is -0.436 e. The second-order valence-corrected chi connectivity index (χ2v) is 6.23. The number of carbonyl (C=O) groups excluding carboxylic acids is 2. The fourth-order valence-corrected chi connectivity index (χ4v) is 2.29. The Morgan fingerprint density at radius 1 is 1.10 bits per heavy atom. The lowest BCUT2D eigenvalue weighted by atomic mass is 9.91. The van der Waals surface area contributed by atoms with Gasteiger partial charge in [-0.1, -0.05) is 38.4 Å². The molecule has 1 heterocycles. The molecular formula is C15H12ClNO3. The highest BCUT2D eigenvalue weighted by Gasteiger charge is 2.37. The Morgan fingerprint density at radius 2 is 1.80 bits per heavy atom. The zero-order valence-corrected chi connectivity index (χ0v) is 12.0. The number of benzene rings is 1. The van der Waals surface area contributed by atoms with Crippen LogP contribution in [0, 0.1) is 0 Å². The topological polar surface area (TPSA) is 60.2 Å². The number of hydrogen-bond acceptors (Lipinski definition) is 4. The first-order valence-corrected chi connectivity index (χ1v) is 6.57. The first-order chi connectivity index (χ1) is 9.29. The van der Waals surface area contributed by atoms with Crippen molar-refractivity contribution in [2.45, 2.75) is 26.2 Å². The van der Waals surface area contributed by atoms with Crippen molar-refractivity contribution < 1.29 is 14.0 Å². The molecule has 0 saturated heterocycles. The van der Waals surface area contributed by atoms with Crippen molar-refractivity contribution in [2.24, 2.45) is 0 Å². The Morgan fingerprint density at radius 3 is 2.45 bits per heavy atom. The van der Waals surface area contributed by atoms with E-state index in [0.29, 0.717) is 22.2 Å². The molecule has 0 unspecified atom stereocenters. The Kier molecular flexibility index (Phi) is 2.63. The van der Waals surface area contributed by atoms with Crippen LogP contribution in [0.15, 0.2) is 22.6 Å². The van der Waals surface area contributed by atoms with E-state index in [4.69, 9.17) is 16.0 Å². The SMILES string of the molecule is CC(C)(C)c1nc2c(o1)C(=O)C(=O)c1cc(Cl)ccc1-2. The van der Waals surface area contributed by atoms with E-state index in [1.54, 1.807) is 12.1 Å². The van der Waals surface area contributed by atoms with Crippen LogP contribution in [0.4, 0.5) is 0 Å². The van der Waals surface area contributed by atoms with Gasteiger partial charge in [0.2, 0.25) is 17.4 Å². The first kappa shape index (κ1) is 13.1. The number of aromatic nitrogens is 1. The maximum absolute atomic E-state index is 12.1. The summed E-state index contributed by atoms with van der Waals surface area (Å²) in [6, 6.07) is 4.85. The van der Waals surface area contributed by atoms with Crippen molar-refractivity contribution in [3.8, 4) is 11.3 Å². The third-order valence-corrected chi connectivity index (χ3v) is 3.40. The zero-order chi connectivity index (χ0) is 14.7. The van der Waals surface area contributed by atoms with E-state index in [1.165, 1.54) is 6.07 Å². The molecule has 5 heteroatoms. The Labute approximate surface area is 120 Å². The molecule has 1 aliphatic carbocycles. The van der Waals surface area contributed by atoms with E-state index in [-0.39, 0.29) is 16.7 Å². The van der Waals surface area contributed by atoms with Crippen molar-refractivity contribution in [3.05, 3.63) is 40.4 Å². The van der Waals surface area contributed by atoms with Gasteiger partial charge in [0.05, 0.1) is 0 Å². The van der Waals surface area contributed by atoms with Gasteiger partial charge in [-0.3, -0.25) is 9.59 Å². The van der Waals surface area contributed by atoms with Crippen molar-refractivity contribution in [1.82, 2.24) is 4.98 Å². The molecule has 102 valence electrons. The normalized spacial score (nSPS) is 14.2. The Bertz CT molecular complexity index is 753. The van der Waals surface area contributed by atoms with Crippen molar-refractivity contribution >= 4 is 23.2 Å². The average Bonchev–Trinajstić information content (AvgIpc) is 2.81. The highest BCUT2D eigenvalue weighted by Crippen LogP contribution is 2.37. The molecule has 0 amide bonds. The van der Waals surface area contributed by atoms with Gasteiger partial charge in [-0.05, 0) is 12.1 Å². The van der Waals surface area contributed by atoms with Gasteiger partial charge in [0.1, 0.15) is 5.69 Å². The molecule has 0 radical (unpaired) electrons. The molecule has 1 aliphatic rings. The summed E-state index contributed by atoms with van der Waals surface area (Å²) in [7, 11) is 0. The minimum absolute atomic E-state index is 0.0229. The van der Waals surface area contributed by atoms with Gasteiger partial charge in [0.15, 0.2) is 0 Å². The van der Waals surface area contributed by atoms with Crippen LogP contribution in [0.25, 0.3) is 11.3 Å².